The third-order valence-corrected chi connectivity index (χ3v) is 4.72. The Kier molecular flexibility index (Phi) is 7.26. The zero-order chi connectivity index (χ0) is 20.8. The fourth-order valence-corrected chi connectivity index (χ4v) is 3.13. The van der Waals surface area contributed by atoms with Crippen molar-refractivity contribution in [1.29, 1.82) is 0 Å². The van der Waals surface area contributed by atoms with Crippen molar-refractivity contribution in [3.63, 3.8) is 0 Å². The van der Waals surface area contributed by atoms with Crippen molar-refractivity contribution in [2.45, 2.75) is 53.5 Å². The smallest absolute Gasteiger partial charge is 0.345 e. The van der Waals surface area contributed by atoms with Crippen LogP contribution in [0.5, 0.6) is 17.4 Å². The molecular weight excluding hydrogens is 356 g/mol. The summed E-state index contributed by atoms with van der Waals surface area (Å²) in [6, 6.07) is 5.87. The highest BCUT2D eigenvalue weighted by Crippen LogP contribution is 2.36. The van der Waals surface area contributed by atoms with Gasteiger partial charge in [-0.1, -0.05) is 13.8 Å². The zero-order valence-corrected chi connectivity index (χ0v) is 17.8. The Morgan fingerprint density at radius 3 is 2.18 bits per heavy atom. The number of hydrogen-bond donors (Lipinski definition) is 1. The minimum Gasteiger partial charge on any atom is -0.497 e. The lowest BCUT2D eigenvalue weighted by molar-refractivity contribution is 0.0598. The normalized spacial score (nSPS) is 10.7. The van der Waals surface area contributed by atoms with Crippen LogP contribution in [0.1, 0.15) is 53.9 Å². The highest BCUT2D eigenvalue weighted by atomic mass is 16.5. The van der Waals surface area contributed by atoms with Crippen LogP contribution in [0, 0.1) is 20.8 Å². The molecule has 0 aliphatic heterocycles. The third kappa shape index (κ3) is 4.74. The molecule has 0 amide bonds. The molecule has 0 saturated carbocycles. The van der Waals surface area contributed by atoms with E-state index in [-0.39, 0.29) is 11.9 Å². The molecule has 0 fully saturated rings. The molecule has 0 aliphatic rings. The summed E-state index contributed by atoms with van der Waals surface area (Å²) in [6.45, 7) is 9.95. The summed E-state index contributed by atoms with van der Waals surface area (Å²) in [5.41, 5.74) is 3.51. The van der Waals surface area contributed by atoms with Gasteiger partial charge in [-0.25, -0.2) is 9.78 Å². The first kappa shape index (κ1) is 21.5. The zero-order valence-electron chi connectivity index (χ0n) is 17.8. The molecule has 1 aromatic heterocycles. The van der Waals surface area contributed by atoms with Crippen LogP contribution >= 0.6 is 0 Å². The number of methoxy groups -OCH3 is 2. The van der Waals surface area contributed by atoms with Gasteiger partial charge in [-0.05, 0) is 62.9 Å². The number of ether oxygens (including phenoxy) is 3. The number of nitrogens with zero attached hydrogens (tertiary/aromatic N) is 1. The van der Waals surface area contributed by atoms with Crippen molar-refractivity contribution in [3.05, 3.63) is 40.6 Å². The molecule has 1 N–H and O–H groups in total. The topological polar surface area (TPSA) is 69.7 Å². The Morgan fingerprint density at radius 2 is 1.68 bits per heavy atom. The number of esters is 1. The second kappa shape index (κ2) is 9.44. The van der Waals surface area contributed by atoms with Gasteiger partial charge in [0.15, 0.2) is 0 Å². The molecule has 6 nitrogen and oxygen atoms in total. The van der Waals surface area contributed by atoms with Crippen molar-refractivity contribution in [1.82, 2.24) is 4.98 Å². The lowest BCUT2D eigenvalue weighted by Gasteiger charge is -2.21. The van der Waals surface area contributed by atoms with Crippen molar-refractivity contribution in [2.75, 3.05) is 19.5 Å². The van der Waals surface area contributed by atoms with Gasteiger partial charge in [0, 0.05) is 11.7 Å². The summed E-state index contributed by atoms with van der Waals surface area (Å²) in [7, 11) is 2.98. The molecule has 0 radical (unpaired) electrons. The Hall–Kier alpha value is -2.76. The summed E-state index contributed by atoms with van der Waals surface area (Å²) >= 11 is 0. The minimum absolute atomic E-state index is 0.233. The number of rotatable bonds is 8. The molecule has 2 rings (SSSR count). The number of carbonyl (C=O) groups is 1. The van der Waals surface area contributed by atoms with E-state index in [9.17, 15) is 4.79 Å². The van der Waals surface area contributed by atoms with Crippen LogP contribution in [-0.4, -0.2) is 31.2 Å². The van der Waals surface area contributed by atoms with Gasteiger partial charge in [0.05, 0.1) is 19.9 Å². The minimum atomic E-state index is -0.486. The summed E-state index contributed by atoms with van der Waals surface area (Å²) in [4.78, 5) is 17.1. The molecular formula is C22H30N2O4. The average molecular weight is 386 g/mol. The van der Waals surface area contributed by atoms with E-state index in [1.165, 1.54) is 7.11 Å². The molecule has 0 aliphatic carbocycles. The Balaban J connectivity index is 2.57. The molecule has 152 valence electrons. The SMILES string of the molecule is CCC(CC)Nc1cc(C)nc(Oc2c(C)cc(OC)cc2C)c1C(=O)OC. The Morgan fingerprint density at radius 1 is 1.07 bits per heavy atom. The molecule has 0 unspecified atom stereocenters. The molecule has 28 heavy (non-hydrogen) atoms. The molecule has 0 atom stereocenters. The van der Waals surface area contributed by atoms with E-state index >= 15 is 0 Å². The second-order valence-electron chi connectivity index (χ2n) is 6.83. The predicted octanol–water partition coefficient (Wildman–Crippen LogP) is 5.19. The predicted molar refractivity (Wildman–Crippen MR) is 111 cm³/mol. The van der Waals surface area contributed by atoms with Gasteiger partial charge >= 0.3 is 5.97 Å². The maximum absolute atomic E-state index is 12.6. The van der Waals surface area contributed by atoms with Crippen LogP contribution in [0.4, 0.5) is 5.69 Å². The number of benzene rings is 1. The highest BCUT2D eigenvalue weighted by molar-refractivity contribution is 5.98. The Labute approximate surface area is 167 Å². The van der Waals surface area contributed by atoms with E-state index < -0.39 is 5.97 Å². The molecule has 1 aromatic carbocycles. The van der Waals surface area contributed by atoms with E-state index in [4.69, 9.17) is 14.2 Å². The van der Waals surface area contributed by atoms with Gasteiger partial charge in [0.2, 0.25) is 5.88 Å². The largest absolute Gasteiger partial charge is 0.497 e. The molecule has 2 aromatic rings. The molecule has 1 heterocycles. The van der Waals surface area contributed by atoms with E-state index in [0.717, 1.165) is 35.4 Å². The van der Waals surface area contributed by atoms with Gasteiger partial charge in [-0.3, -0.25) is 0 Å². The van der Waals surface area contributed by atoms with Crippen LogP contribution in [0.15, 0.2) is 18.2 Å². The van der Waals surface area contributed by atoms with Gasteiger partial charge in [-0.2, -0.15) is 0 Å². The van der Waals surface area contributed by atoms with Crippen LogP contribution in [-0.2, 0) is 4.74 Å². The summed E-state index contributed by atoms with van der Waals surface area (Å²) in [5.74, 6) is 1.15. The second-order valence-corrected chi connectivity index (χ2v) is 6.83. The first-order valence-electron chi connectivity index (χ1n) is 9.54. The maximum atomic E-state index is 12.6. The van der Waals surface area contributed by atoms with Gasteiger partial charge in [0.25, 0.3) is 0 Å². The lowest BCUT2D eigenvalue weighted by Crippen LogP contribution is -2.20. The van der Waals surface area contributed by atoms with Crippen molar-refractivity contribution >= 4 is 11.7 Å². The summed E-state index contributed by atoms with van der Waals surface area (Å²) < 4.78 is 16.5. The molecule has 0 saturated heterocycles. The number of pyridine rings is 1. The van der Waals surface area contributed by atoms with E-state index in [1.54, 1.807) is 7.11 Å². The van der Waals surface area contributed by atoms with Crippen molar-refractivity contribution in [2.24, 2.45) is 0 Å². The maximum Gasteiger partial charge on any atom is 0.345 e. The summed E-state index contributed by atoms with van der Waals surface area (Å²) in [6.07, 6.45) is 1.87. The summed E-state index contributed by atoms with van der Waals surface area (Å²) in [5, 5.41) is 3.44. The van der Waals surface area contributed by atoms with Gasteiger partial charge in [-0.15, -0.1) is 0 Å². The van der Waals surface area contributed by atoms with Gasteiger partial charge in [0.1, 0.15) is 17.1 Å². The third-order valence-electron chi connectivity index (χ3n) is 4.72. The highest BCUT2D eigenvalue weighted by Gasteiger charge is 2.24. The van der Waals surface area contributed by atoms with Crippen LogP contribution < -0.4 is 14.8 Å². The van der Waals surface area contributed by atoms with Crippen LogP contribution in [0.25, 0.3) is 0 Å². The number of nitrogens with one attached hydrogen (secondary N) is 1. The van der Waals surface area contributed by atoms with E-state index in [2.05, 4.69) is 24.1 Å². The molecule has 6 heteroatoms. The molecule has 0 spiro atoms. The number of carbonyl (C=O) groups excluding carboxylic acids is 1. The Bertz CT molecular complexity index is 822. The fourth-order valence-electron chi connectivity index (χ4n) is 3.13. The fraction of sp³-hybridized carbons (Fsp3) is 0.455. The standard InChI is InChI=1S/C22H30N2O4/c1-8-16(9-2)24-18-12-15(5)23-21(19(18)22(25)27-7)28-20-13(3)10-17(26-6)11-14(20)4/h10-12,16H,8-9H2,1-7H3,(H,23,24). The quantitative estimate of drug-likeness (QED) is 0.629. The first-order valence-corrected chi connectivity index (χ1v) is 9.54. The average Bonchev–Trinajstić information content (AvgIpc) is 2.67. The van der Waals surface area contributed by atoms with Gasteiger partial charge < -0.3 is 19.5 Å². The van der Waals surface area contributed by atoms with Crippen LogP contribution in [0.2, 0.25) is 0 Å². The number of hydrogen-bond acceptors (Lipinski definition) is 6. The number of aryl methyl sites for hydroxylation is 3. The van der Waals surface area contributed by atoms with E-state index in [1.807, 2.05) is 39.0 Å². The first-order chi connectivity index (χ1) is 13.3. The van der Waals surface area contributed by atoms with Crippen LogP contribution in [0.3, 0.4) is 0 Å². The number of anilines is 1. The van der Waals surface area contributed by atoms with Crippen molar-refractivity contribution < 1.29 is 19.0 Å². The number of aromatic nitrogens is 1. The van der Waals surface area contributed by atoms with E-state index in [0.29, 0.717) is 17.0 Å². The molecule has 0 bridgehead atoms. The van der Waals surface area contributed by atoms with Crippen molar-refractivity contribution in [3.8, 4) is 17.4 Å². The lowest BCUT2D eigenvalue weighted by atomic mass is 10.1. The monoisotopic (exact) mass is 386 g/mol.